The summed E-state index contributed by atoms with van der Waals surface area (Å²) in [7, 11) is 0. The second-order valence-corrected chi connectivity index (χ2v) is 3.78. The van der Waals surface area contributed by atoms with E-state index in [0.29, 0.717) is 17.7 Å². The molecule has 0 spiro atoms. The molecule has 0 aromatic carbocycles. The highest BCUT2D eigenvalue weighted by Crippen LogP contribution is 2.30. The third-order valence-electron chi connectivity index (χ3n) is 2.52. The van der Waals surface area contributed by atoms with Gasteiger partial charge in [-0.2, -0.15) is 0 Å². The Kier molecular flexibility index (Phi) is 3.08. The lowest BCUT2D eigenvalue weighted by Crippen LogP contribution is -2.33. The Balaban J connectivity index is 2.12. The van der Waals surface area contributed by atoms with E-state index in [1.165, 1.54) is 0 Å². The van der Waals surface area contributed by atoms with Crippen LogP contribution in [0.1, 0.15) is 18.2 Å². The van der Waals surface area contributed by atoms with Crippen molar-refractivity contribution in [2.45, 2.75) is 12.5 Å². The SMILES string of the molecule is NNC(c1ccc(Cl)o1)C1CCOC1. The van der Waals surface area contributed by atoms with E-state index in [1.807, 2.05) is 6.07 Å². The molecule has 0 radical (unpaired) electrons. The highest BCUT2D eigenvalue weighted by atomic mass is 35.5. The molecule has 2 rings (SSSR count). The summed E-state index contributed by atoms with van der Waals surface area (Å²) in [5.41, 5.74) is 2.74. The molecule has 14 heavy (non-hydrogen) atoms. The number of hydrogen-bond acceptors (Lipinski definition) is 4. The first-order valence-electron chi connectivity index (χ1n) is 4.60. The van der Waals surface area contributed by atoms with Crippen LogP contribution in [0.15, 0.2) is 16.5 Å². The molecular weight excluding hydrogens is 204 g/mol. The first-order chi connectivity index (χ1) is 6.81. The minimum absolute atomic E-state index is 0.00926. The summed E-state index contributed by atoms with van der Waals surface area (Å²) in [4.78, 5) is 0. The fraction of sp³-hybridized carbons (Fsp3) is 0.556. The third-order valence-corrected chi connectivity index (χ3v) is 2.72. The highest BCUT2D eigenvalue weighted by molar-refractivity contribution is 6.28. The fourth-order valence-electron chi connectivity index (χ4n) is 1.76. The van der Waals surface area contributed by atoms with Gasteiger partial charge in [0.25, 0.3) is 0 Å². The lowest BCUT2D eigenvalue weighted by atomic mass is 9.98. The Morgan fingerprint density at radius 2 is 2.43 bits per heavy atom. The molecule has 1 aliphatic rings. The van der Waals surface area contributed by atoms with E-state index >= 15 is 0 Å². The van der Waals surface area contributed by atoms with Gasteiger partial charge in [0.15, 0.2) is 5.22 Å². The number of rotatable bonds is 3. The Bertz CT molecular complexity index is 297. The summed E-state index contributed by atoms with van der Waals surface area (Å²) in [6.07, 6.45) is 0.993. The minimum atomic E-state index is -0.00926. The second-order valence-electron chi connectivity index (χ2n) is 3.41. The van der Waals surface area contributed by atoms with Crippen molar-refractivity contribution in [2.75, 3.05) is 13.2 Å². The summed E-state index contributed by atoms with van der Waals surface area (Å²) >= 11 is 5.70. The number of nitrogens with one attached hydrogen (secondary N) is 1. The Morgan fingerprint density at radius 3 is 2.93 bits per heavy atom. The molecule has 2 atom stereocenters. The van der Waals surface area contributed by atoms with E-state index in [9.17, 15) is 0 Å². The van der Waals surface area contributed by atoms with E-state index in [1.54, 1.807) is 6.07 Å². The van der Waals surface area contributed by atoms with Crippen LogP contribution < -0.4 is 11.3 Å². The smallest absolute Gasteiger partial charge is 0.193 e. The van der Waals surface area contributed by atoms with Crippen LogP contribution in [0.2, 0.25) is 5.22 Å². The van der Waals surface area contributed by atoms with Crippen LogP contribution in [0.3, 0.4) is 0 Å². The molecule has 2 unspecified atom stereocenters. The topological polar surface area (TPSA) is 60.4 Å². The van der Waals surface area contributed by atoms with Crippen LogP contribution in [0.25, 0.3) is 0 Å². The normalized spacial score (nSPS) is 24.0. The Morgan fingerprint density at radius 1 is 1.57 bits per heavy atom. The monoisotopic (exact) mass is 216 g/mol. The van der Waals surface area contributed by atoms with Crippen molar-refractivity contribution in [2.24, 2.45) is 11.8 Å². The van der Waals surface area contributed by atoms with Gasteiger partial charge in [0.2, 0.25) is 0 Å². The molecule has 1 aliphatic heterocycles. The highest BCUT2D eigenvalue weighted by Gasteiger charge is 2.28. The number of hydrogen-bond donors (Lipinski definition) is 2. The number of nitrogens with two attached hydrogens (primary N) is 1. The predicted octanol–water partition coefficient (Wildman–Crippen LogP) is 1.47. The van der Waals surface area contributed by atoms with Crippen LogP contribution in [-0.4, -0.2) is 13.2 Å². The van der Waals surface area contributed by atoms with Crippen LogP contribution in [-0.2, 0) is 4.74 Å². The maximum absolute atomic E-state index is 5.70. The zero-order valence-electron chi connectivity index (χ0n) is 7.70. The largest absolute Gasteiger partial charge is 0.448 e. The molecule has 1 aromatic rings. The first kappa shape index (κ1) is 9.98. The fourth-order valence-corrected chi connectivity index (χ4v) is 1.91. The summed E-state index contributed by atoms with van der Waals surface area (Å²) in [6, 6.07) is 3.55. The van der Waals surface area contributed by atoms with Crippen molar-refractivity contribution in [1.82, 2.24) is 5.43 Å². The lowest BCUT2D eigenvalue weighted by Gasteiger charge is -2.18. The molecule has 0 bridgehead atoms. The molecule has 0 saturated carbocycles. The number of ether oxygens (including phenoxy) is 1. The van der Waals surface area contributed by atoms with Gasteiger partial charge in [0.1, 0.15) is 5.76 Å². The van der Waals surface area contributed by atoms with Crippen molar-refractivity contribution in [1.29, 1.82) is 0 Å². The Hall–Kier alpha value is -0.550. The summed E-state index contributed by atoms with van der Waals surface area (Å²) in [6.45, 7) is 1.50. The van der Waals surface area contributed by atoms with Gasteiger partial charge in [-0.15, -0.1) is 0 Å². The maximum Gasteiger partial charge on any atom is 0.193 e. The van der Waals surface area contributed by atoms with Crippen molar-refractivity contribution < 1.29 is 9.15 Å². The molecule has 0 aliphatic carbocycles. The molecule has 1 aromatic heterocycles. The van der Waals surface area contributed by atoms with Crippen molar-refractivity contribution in [3.8, 4) is 0 Å². The molecule has 1 fully saturated rings. The van der Waals surface area contributed by atoms with Crippen LogP contribution in [0.5, 0.6) is 0 Å². The van der Waals surface area contributed by atoms with Crippen LogP contribution in [0, 0.1) is 5.92 Å². The average Bonchev–Trinajstić information content (AvgIpc) is 2.79. The quantitative estimate of drug-likeness (QED) is 0.594. The molecule has 3 N–H and O–H groups in total. The van der Waals surface area contributed by atoms with Gasteiger partial charge in [-0.05, 0) is 30.2 Å². The zero-order valence-corrected chi connectivity index (χ0v) is 8.46. The molecular formula is C9H13ClN2O2. The minimum Gasteiger partial charge on any atom is -0.448 e. The zero-order chi connectivity index (χ0) is 9.97. The molecule has 5 heteroatoms. The van der Waals surface area contributed by atoms with E-state index < -0.39 is 0 Å². The molecule has 0 amide bonds. The van der Waals surface area contributed by atoms with Gasteiger partial charge in [-0.3, -0.25) is 5.84 Å². The van der Waals surface area contributed by atoms with E-state index in [-0.39, 0.29) is 6.04 Å². The van der Waals surface area contributed by atoms with Gasteiger partial charge < -0.3 is 9.15 Å². The first-order valence-corrected chi connectivity index (χ1v) is 4.98. The molecule has 4 nitrogen and oxygen atoms in total. The van der Waals surface area contributed by atoms with Gasteiger partial charge in [-0.25, -0.2) is 5.43 Å². The van der Waals surface area contributed by atoms with E-state index in [2.05, 4.69) is 5.43 Å². The van der Waals surface area contributed by atoms with Crippen LogP contribution in [0.4, 0.5) is 0 Å². The predicted molar refractivity (Wildman–Crippen MR) is 52.7 cm³/mol. The van der Waals surface area contributed by atoms with Gasteiger partial charge in [0, 0.05) is 12.5 Å². The molecule has 2 heterocycles. The maximum atomic E-state index is 5.70. The summed E-state index contributed by atoms with van der Waals surface area (Å²) in [5, 5.41) is 0.388. The number of hydrazine groups is 1. The van der Waals surface area contributed by atoms with E-state index in [0.717, 1.165) is 18.8 Å². The molecule has 1 saturated heterocycles. The average molecular weight is 217 g/mol. The van der Waals surface area contributed by atoms with Gasteiger partial charge in [0.05, 0.1) is 12.6 Å². The number of halogens is 1. The standard InChI is InChI=1S/C9H13ClN2O2/c10-8-2-1-7(14-8)9(12-11)6-3-4-13-5-6/h1-2,6,9,12H,3-5,11H2. The van der Waals surface area contributed by atoms with Gasteiger partial charge >= 0.3 is 0 Å². The lowest BCUT2D eigenvalue weighted by molar-refractivity contribution is 0.173. The molecule has 78 valence electrons. The Labute approximate surface area is 87.3 Å². The van der Waals surface area contributed by atoms with Crippen LogP contribution >= 0.6 is 11.6 Å². The van der Waals surface area contributed by atoms with Gasteiger partial charge in [-0.1, -0.05) is 0 Å². The van der Waals surface area contributed by atoms with Crippen molar-refractivity contribution in [3.63, 3.8) is 0 Å². The van der Waals surface area contributed by atoms with Crippen molar-refractivity contribution >= 4 is 11.6 Å². The summed E-state index contributed by atoms with van der Waals surface area (Å²) < 4.78 is 10.6. The third kappa shape index (κ3) is 1.93. The van der Waals surface area contributed by atoms with E-state index in [4.69, 9.17) is 26.6 Å². The number of furan rings is 1. The second kappa shape index (κ2) is 4.31. The van der Waals surface area contributed by atoms with Crippen molar-refractivity contribution in [3.05, 3.63) is 23.1 Å². The summed E-state index contributed by atoms with van der Waals surface area (Å²) in [5.74, 6) is 6.62.